The van der Waals surface area contributed by atoms with Gasteiger partial charge in [-0.1, -0.05) is 12.8 Å². The van der Waals surface area contributed by atoms with Crippen molar-refractivity contribution < 1.29 is 24.2 Å². The molecule has 0 atom stereocenters. The molecule has 2 N–H and O–H groups in total. The summed E-state index contributed by atoms with van der Waals surface area (Å²) in [4.78, 5) is 24.2. The zero-order chi connectivity index (χ0) is 17.9. The van der Waals surface area contributed by atoms with E-state index in [0.29, 0.717) is 29.9 Å². The summed E-state index contributed by atoms with van der Waals surface area (Å²) in [6.07, 6.45) is 7.16. The molecule has 1 amide bonds. The Morgan fingerprint density at radius 2 is 1.80 bits per heavy atom. The van der Waals surface area contributed by atoms with Crippen LogP contribution in [0.25, 0.3) is 0 Å². The monoisotopic (exact) mass is 347 g/mol. The molecule has 2 aliphatic carbocycles. The van der Waals surface area contributed by atoms with Gasteiger partial charge in [0.25, 0.3) is 5.91 Å². The molecule has 2 fully saturated rings. The van der Waals surface area contributed by atoms with Gasteiger partial charge in [-0.15, -0.1) is 0 Å². The maximum atomic E-state index is 12.6. The molecule has 1 aromatic rings. The number of carbonyl (C=O) groups excluding carboxylic acids is 1. The lowest BCUT2D eigenvalue weighted by atomic mass is 9.97. The number of carboxylic acids is 1. The Morgan fingerprint density at radius 3 is 2.40 bits per heavy atom. The molecule has 0 heterocycles. The van der Waals surface area contributed by atoms with Crippen molar-refractivity contribution in [1.29, 1.82) is 0 Å². The van der Waals surface area contributed by atoms with Crippen LogP contribution in [-0.4, -0.2) is 35.7 Å². The third kappa shape index (κ3) is 3.72. The minimum atomic E-state index is -1.15. The van der Waals surface area contributed by atoms with Crippen LogP contribution in [0.15, 0.2) is 18.2 Å². The normalized spacial score (nSPS) is 19.6. The second-order valence-electron chi connectivity index (χ2n) is 6.94. The van der Waals surface area contributed by atoms with Gasteiger partial charge in [0.15, 0.2) is 11.5 Å². The molecule has 2 aliphatic rings. The predicted octanol–water partition coefficient (Wildman–Crippen LogP) is 3.14. The first-order chi connectivity index (χ1) is 12.0. The Kier molecular flexibility index (Phi) is 5.16. The van der Waals surface area contributed by atoms with Crippen LogP contribution in [0, 0.1) is 0 Å². The fourth-order valence-electron chi connectivity index (χ4n) is 3.75. The van der Waals surface area contributed by atoms with Crippen LogP contribution in [0.4, 0.5) is 0 Å². The number of hydrogen-bond acceptors (Lipinski definition) is 4. The first kappa shape index (κ1) is 17.6. The van der Waals surface area contributed by atoms with Gasteiger partial charge in [-0.25, -0.2) is 4.79 Å². The van der Waals surface area contributed by atoms with Gasteiger partial charge < -0.3 is 19.9 Å². The quantitative estimate of drug-likeness (QED) is 0.826. The standard InChI is InChI=1S/C19H25NO5/c1-24-16-12-13(8-9-15(16)25-14-6-2-3-7-14)17(21)20-19(18(22)23)10-4-5-11-19/h8-9,12,14H,2-7,10-11H2,1H3,(H,20,21)(H,22,23). The number of benzene rings is 1. The molecular formula is C19H25NO5. The number of rotatable bonds is 6. The van der Waals surface area contributed by atoms with Gasteiger partial charge >= 0.3 is 5.97 Å². The minimum absolute atomic E-state index is 0.197. The van der Waals surface area contributed by atoms with E-state index in [1.165, 1.54) is 20.0 Å². The van der Waals surface area contributed by atoms with Crippen molar-refractivity contribution in [2.45, 2.75) is 63.0 Å². The summed E-state index contributed by atoms with van der Waals surface area (Å²) < 4.78 is 11.3. The number of ether oxygens (including phenoxy) is 2. The predicted molar refractivity (Wildman–Crippen MR) is 92.2 cm³/mol. The zero-order valence-corrected chi connectivity index (χ0v) is 14.5. The third-order valence-electron chi connectivity index (χ3n) is 5.24. The van der Waals surface area contributed by atoms with E-state index in [2.05, 4.69) is 5.32 Å². The van der Waals surface area contributed by atoms with E-state index >= 15 is 0 Å². The van der Waals surface area contributed by atoms with Gasteiger partial charge in [-0.05, 0) is 56.7 Å². The van der Waals surface area contributed by atoms with Gasteiger partial charge in [-0.3, -0.25) is 4.79 Å². The molecular weight excluding hydrogens is 322 g/mol. The lowest BCUT2D eigenvalue weighted by molar-refractivity contribution is -0.144. The molecule has 0 saturated heterocycles. The Labute approximate surface area is 147 Å². The number of hydrogen-bond donors (Lipinski definition) is 2. The van der Waals surface area contributed by atoms with Gasteiger partial charge in [-0.2, -0.15) is 0 Å². The molecule has 0 bridgehead atoms. The molecule has 136 valence electrons. The number of carbonyl (C=O) groups is 2. The molecule has 0 aliphatic heterocycles. The topological polar surface area (TPSA) is 84.9 Å². The number of nitrogens with one attached hydrogen (secondary N) is 1. The van der Waals surface area contributed by atoms with Crippen LogP contribution in [0.1, 0.15) is 61.7 Å². The second kappa shape index (κ2) is 7.33. The zero-order valence-electron chi connectivity index (χ0n) is 14.5. The number of methoxy groups -OCH3 is 1. The molecule has 0 unspecified atom stereocenters. The van der Waals surface area contributed by atoms with Crippen LogP contribution in [-0.2, 0) is 4.79 Å². The summed E-state index contributed by atoms with van der Waals surface area (Å²) in [7, 11) is 1.54. The van der Waals surface area contributed by atoms with E-state index in [1.807, 2.05) is 0 Å². The van der Waals surface area contributed by atoms with Crippen molar-refractivity contribution in [3.8, 4) is 11.5 Å². The van der Waals surface area contributed by atoms with Crippen LogP contribution in [0.5, 0.6) is 11.5 Å². The molecule has 6 nitrogen and oxygen atoms in total. The molecule has 0 spiro atoms. The summed E-state index contributed by atoms with van der Waals surface area (Å²) in [6.45, 7) is 0. The summed E-state index contributed by atoms with van der Waals surface area (Å²) in [5, 5.41) is 12.2. The molecule has 1 aromatic carbocycles. The van der Waals surface area contributed by atoms with Crippen molar-refractivity contribution >= 4 is 11.9 Å². The summed E-state index contributed by atoms with van der Waals surface area (Å²) >= 11 is 0. The minimum Gasteiger partial charge on any atom is -0.493 e. The van der Waals surface area contributed by atoms with E-state index in [0.717, 1.165) is 25.7 Å². The highest BCUT2D eigenvalue weighted by Gasteiger charge is 2.42. The molecule has 6 heteroatoms. The van der Waals surface area contributed by atoms with Crippen molar-refractivity contribution in [1.82, 2.24) is 5.32 Å². The van der Waals surface area contributed by atoms with E-state index in [-0.39, 0.29) is 6.10 Å². The van der Waals surface area contributed by atoms with Crippen molar-refractivity contribution in [3.63, 3.8) is 0 Å². The first-order valence-corrected chi connectivity index (χ1v) is 8.95. The van der Waals surface area contributed by atoms with Gasteiger partial charge in [0.2, 0.25) is 0 Å². The average molecular weight is 347 g/mol. The number of carboxylic acid groups (broad SMARTS) is 1. The number of aliphatic carboxylic acids is 1. The second-order valence-corrected chi connectivity index (χ2v) is 6.94. The van der Waals surface area contributed by atoms with Crippen LogP contribution in [0.3, 0.4) is 0 Å². The highest BCUT2D eigenvalue weighted by atomic mass is 16.5. The van der Waals surface area contributed by atoms with E-state index in [9.17, 15) is 14.7 Å². The number of amides is 1. The first-order valence-electron chi connectivity index (χ1n) is 8.95. The maximum Gasteiger partial charge on any atom is 0.329 e. The summed E-state index contributed by atoms with van der Waals surface area (Å²) in [6, 6.07) is 5.00. The highest BCUT2D eigenvalue weighted by molar-refractivity contribution is 5.98. The maximum absolute atomic E-state index is 12.6. The van der Waals surface area contributed by atoms with Crippen molar-refractivity contribution in [2.75, 3.05) is 7.11 Å². The molecule has 3 rings (SSSR count). The summed E-state index contributed by atoms with van der Waals surface area (Å²) in [5.74, 6) is -0.239. The van der Waals surface area contributed by atoms with Gasteiger partial charge in [0.05, 0.1) is 13.2 Å². The van der Waals surface area contributed by atoms with E-state index < -0.39 is 17.4 Å². The Balaban J connectivity index is 1.75. The van der Waals surface area contributed by atoms with Crippen LogP contribution < -0.4 is 14.8 Å². The average Bonchev–Trinajstić information content (AvgIpc) is 3.27. The summed E-state index contributed by atoms with van der Waals surface area (Å²) in [5.41, 5.74) is -0.772. The fourth-order valence-corrected chi connectivity index (χ4v) is 3.75. The van der Waals surface area contributed by atoms with E-state index in [1.54, 1.807) is 18.2 Å². The SMILES string of the molecule is COc1cc(C(=O)NC2(C(=O)O)CCCC2)ccc1OC1CCCC1. The largest absolute Gasteiger partial charge is 0.493 e. The van der Waals surface area contributed by atoms with Crippen molar-refractivity contribution in [2.24, 2.45) is 0 Å². The highest BCUT2D eigenvalue weighted by Crippen LogP contribution is 2.33. The fraction of sp³-hybridized carbons (Fsp3) is 0.579. The molecule has 25 heavy (non-hydrogen) atoms. The smallest absolute Gasteiger partial charge is 0.329 e. The van der Waals surface area contributed by atoms with Crippen LogP contribution in [0.2, 0.25) is 0 Å². The van der Waals surface area contributed by atoms with Gasteiger partial charge in [0, 0.05) is 5.56 Å². The Morgan fingerprint density at radius 1 is 1.12 bits per heavy atom. The molecule has 0 radical (unpaired) electrons. The molecule has 0 aromatic heterocycles. The van der Waals surface area contributed by atoms with Crippen molar-refractivity contribution in [3.05, 3.63) is 23.8 Å². The lowest BCUT2D eigenvalue weighted by Gasteiger charge is -2.25. The van der Waals surface area contributed by atoms with Gasteiger partial charge in [0.1, 0.15) is 5.54 Å². The third-order valence-corrected chi connectivity index (χ3v) is 5.24. The molecule has 2 saturated carbocycles. The van der Waals surface area contributed by atoms with Crippen LogP contribution >= 0.6 is 0 Å². The Hall–Kier alpha value is -2.24. The Bertz CT molecular complexity index is 645. The lowest BCUT2D eigenvalue weighted by Crippen LogP contribution is -2.52. The van der Waals surface area contributed by atoms with E-state index in [4.69, 9.17) is 9.47 Å².